The molecule has 0 saturated carbocycles. The Morgan fingerprint density at radius 2 is 1.61 bits per heavy atom. The summed E-state index contributed by atoms with van der Waals surface area (Å²) in [7, 11) is 5.00. The topological polar surface area (TPSA) is 71.5 Å². The van der Waals surface area contributed by atoms with E-state index in [1.807, 2.05) is 31.2 Å². The standard InChI is InChI=1S/C21H21N3O3S/c1-13-18(14-9-11-17(27-4)12-10-14)22-21(28-13)23-19(25)15-5-7-16(8-6-15)20(26)24(2)3/h5-12H,1-4H3,(H,22,23,25). The average Bonchev–Trinajstić information content (AvgIpc) is 3.07. The number of hydrogen-bond donors (Lipinski definition) is 1. The van der Waals surface area contributed by atoms with Crippen LogP contribution in [0.5, 0.6) is 5.75 Å². The van der Waals surface area contributed by atoms with E-state index in [4.69, 9.17) is 4.74 Å². The molecule has 144 valence electrons. The summed E-state index contributed by atoms with van der Waals surface area (Å²) in [6, 6.07) is 14.2. The third-order valence-corrected chi connectivity index (χ3v) is 5.07. The molecule has 0 atom stereocenters. The fourth-order valence-corrected chi connectivity index (χ4v) is 3.49. The Balaban J connectivity index is 1.75. The molecular weight excluding hydrogens is 374 g/mol. The number of anilines is 1. The van der Waals surface area contributed by atoms with Crippen LogP contribution in [0.15, 0.2) is 48.5 Å². The van der Waals surface area contributed by atoms with Gasteiger partial charge < -0.3 is 9.64 Å². The molecule has 2 aromatic carbocycles. The summed E-state index contributed by atoms with van der Waals surface area (Å²) >= 11 is 1.42. The van der Waals surface area contributed by atoms with Crippen LogP contribution in [-0.4, -0.2) is 42.9 Å². The minimum atomic E-state index is -0.265. The van der Waals surface area contributed by atoms with Crippen molar-refractivity contribution in [2.75, 3.05) is 26.5 Å². The van der Waals surface area contributed by atoms with Crippen LogP contribution in [0.4, 0.5) is 5.13 Å². The van der Waals surface area contributed by atoms with Crippen molar-refractivity contribution in [3.05, 3.63) is 64.5 Å². The van der Waals surface area contributed by atoms with Crippen LogP contribution < -0.4 is 10.1 Å². The number of carbonyl (C=O) groups is 2. The maximum Gasteiger partial charge on any atom is 0.257 e. The number of methoxy groups -OCH3 is 1. The molecule has 3 aromatic rings. The molecule has 0 aliphatic carbocycles. The highest BCUT2D eigenvalue weighted by molar-refractivity contribution is 7.16. The number of ether oxygens (including phenoxy) is 1. The van der Waals surface area contributed by atoms with E-state index in [9.17, 15) is 9.59 Å². The van der Waals surface area contributed by atoms with E-state index in [0.29, 0.717) is 16.3 Å². The Morgan fingerprint density at radius 3 is 2.18 bits per heavy atom. The van der Waals surface area contributed by atoms with Crippen molar-refractivity contribution in [1.29, 1.82) is 0 Å². The van der Waals surface area contributed by atoms with E-state index in [0.717, 1.165) is 21.9 Å². The largest absolute Gasteiger partial charge is 0.497 e. The van der Waals surface area contributed by atoms with Crippen molar-refractivity contribution in [3.63, 3.8) is 0 Å². The summed E-state index contributed by atoms with van der Waals surface area (Å²) in [5, 5.41) is 3.36. The summed E-state index contributed by atoms with van der Waals surface area (Å²) in [5.41, 5.74) is 2.79. The number of amides is 2. The molecule has 0 bridgehead atoms. The van der Waals surface area contributed by atoms with Gasteiger partial charge in [-0.2, -0.15) is 0 Å². The molecule has 2 amide bonds. The maximum atomic E-state index is 12.5. The van der Waals surface area contributed by atoms with E-state index in [2.05, 4.69) is 10.3 Å². The molecule has 1 N–H and O–H groups in total. The van der Waals surface area contributed by atoms with Crippen LogP contribution in [0.2, 0.25) is 0 Å². The van der Waals surface area contributed by atoms with Gasteiger partial charge in [0.2, 0.25) is 0 Å². The van der Waals surface area contributed by atoms with Gasteiger partial charge in [-0.15, -0.1) is 11.3 Å². The third kappa shape index (κ3) is 4.20. The molecule has 0 spiro atoms. The first kappa shape index (κ1) is 19.6. The van der Waals surface area contributed by atoms with Gasteiger partial charge in [-0.05, 0) is 55.5 Å². The molecule has 0 aliphatic rings. The lowest BCUT2D eigenvalue weighted by Crippen LogP contribution is -2.21. The zero-order chi connectivity index (χ0) is 20.3. The predicted molar refractivity (Wildman–Crippen MR) is 111 cm³/mol. The Kier molecular flexibility index (Phi) is 5.75. The SMILES string of the molecule is COc1ccc(-c2nc(NC(=O)c3ccc(C(=O)N(C)C)cc3)sc2C)cc1. The van der Waals surface area contributed by atoms with Gasteiger partial charge in [0.15, 0.2) is 5.13 Å². The highest BCUT2D eigenvalue weighted by atomic mass is 32.1. The molecule has 6 nitrogen and oxygen atoms in total. The molecule has 0 aliphatic heterocycles. The van der Waals surface area contributed by atoms with E-state index in [1.165, 1.54) is 16.2 Å². The summed E-state index contributed by atoms with van der Waals surface area (Å²) in [6.45, 7) is 1.97. The summed E-state index contributed by atoms with van der Waals surface area (Å²) in [5.74, 6) is 0.409. The lowest BCUT2D eigenvalue weighted by molar-refractivity contribution is 0.0827. The van der Waals surface area contributed by atoms with Crippen LogP contribution >= 0.6 is 11.3 Å². The van der Waals surface area contributed by atoms with E-state index in [-0.39, 0.29) is 11.8 Å². The lowest BCUT2D eigenvalue weighted by Gasteiger charge is -2.10. The maximum absolute atomic E-state index is 12.5. The summed E-state index contributed by atoms with van der Waals surface area (Å²) < 4.78 is 5.18. The highest BCUT2D eigenvalue weighted by Crippen LogP contribution is 2.31. The second-order valence-electron chi connectivity index (χ2n) is 6.38. The van der Waals surface area contributed by atoms with E-state index >= 15 is 0 Å². The van der Waals surface area contributed by atoms with Gasteiger partial charge in [-0.25, -0.2) is 4.98 Å². The normalized spacial score (nSPS) is 10.4. The molecule has 0 radical (unpaired) electrons. The van der Waals surface area contributed by atoms with Crippen molar-refractivity contribution in [1.82, 2.24) is 9.88 Å². The zero-order valence-corrected chi connectivity index (χ0v) is 17.0. The number of rotatable bonds is 5. The van der Waals surface area contributed by atoms with Gasteiger partial charge in [0.25, 0.3) is 11.8 Å². The van der Waals surface area contributed by atoms with Gasteiger partial charge in [-0.3, -0.25) is 14.9 Å². The number of benzene rings is 2. The first-order valence-corrected chi connectivity index (χ1v) is 9.45. The Morgan fingerprint density at radius 1 is 1.00 bits per heavy atom. The van der Waals surface area contributed by atoms with Gasteiger partial charge in [-0.1, -0.05) is 0 Å². The summed E-state index contributed by atoms with van der Waals surface area (Å²) in [6.07, 6.45) is 0. The molecule has 7 heteroatoms. The average molecular weight is 395 g/mol. The minimum absolute atomic E-state index is 0.105. The van der Waals surface area contributed by atoms with Gasteiger partial charge in [0, 0.05) is 35.7 Å². The number of carbonyl (C=O) groups excluding carboxylic acids is 2. The van der Waals surface area contributed by atoms with Crippen molar-refractivity contribution in [2.45, 2.75) is 6.92 Å². The quantitative estimate of drug-likeness (QED) is 0.707. The second kappa shape index (κ2) is 8.22. The number of nitrogens with one attached hydrogen (secondary N) is 1. The van der Waals surface area contributed by atoms with Crippen LogP contribution in [0.25, 0.3) is 11.3 Å². The Labute approximate surface area is 167 Å². The molecule has 1 aromatic heterocycles. The fourth-order valence-electron chi connectivity index (χ4n) is 2.66. The van der Waals surface area contributed by atoms with Crippen molar-refractivity contribution < 1.29 is 14.3 Å². The molecular formula is C21H21N3O3S. The Hall–Kier alpha value is -3.19. The van der Waals surface area contributed by atoms with Crippen molar-refractivity contribution in [3.8, 4) is 17.0 Å². The van der Waals surface area contributed by atoms with Gasteiger partial charge in [0.1, 0.15) is 5.75 Å². The Bertz CT molecular complexity index is 993. The molecule has 0 fully saturated rings. The molecule has 0 unspecified atom stereocenters. The van der Waals surface area contributed by atoms with Gasteiger partial charge in [0.05, 0.1) is 12.8 Å². The number of aromatic nitrogens is 1. The van der Waals surface area contributed by atoms with E-state index < -0.39 is 0 Å². The number of hydrogen-bond acceptors (Lipinski definition) is 5. The first-order chi connectivity index (χ1) is 13.4. The lowest BCUT2D eigenvalue weighted by atomic mass is 10.1. The van der Waals surface area contributed by atoms with Crippen LogP contribution in [0, 0.1) is 6.92 Å². The monoisotopic (exact) mass is 395 g/mol. The molecule has 1 heterocycles. The third-order valence-electron chi connectivity index (χ3n) is 4.18. The molecule has 28 heavy (non-hydrogen) atoms. The highest BCUT2D eigenvalue weighted by Gasteiger charge is 2.14. The smallest absolute Gasteiger partial charge is 0.257 e. The number of nitrogens with zero attached hydrogens (tertiary/aromatic N) is 2. The van der Waals surface area contributed by atoms with E-state index in [1.54, 1.807) is 45.5 Å². The number of thiazole rings is 1. The van der Waals surface area contributed by atoms with Crippen molar-refractivity contribution >= 4 is 28.3 Å². The second-order valence-corrected chi connectivity index (χ2v) is 7.59. The first-order valence-electron chi connectivity index (χ1n) is 8.64. The minimum Gasteiger partial charge on any atom is -0.497 e. The van der Waals surface area contributed by atoms with Crippen molar-refractivity contribution in [2.24, 2.45) is 0 Å². The fraction of sp³-hybridized carbons (Fsp3) is 0.190. The van der Waals surface area contributed by atoms with Crippen LogP contribution in [0.1, 0.15) is 25.6 Å². The molecule has 3 rings (SSSR count). The molecule has 0 saturated heterocycles. The number of aryl methyl sites for hydroxylation is 1. The van der Waals surface area contributed by atoms with Gasteiger partial charge >= 0.3 is 0 Å². The van der Waals surface area contributed by atoms with Crippen LogP contribution in [-0.2, 0) is 0 Å². The summed E-state index contributed by atoms with van der Waals surface area (Å²) in [4.78, 5) is 31.5. The predicted octanol–water partition coefficient (Wildman–Crippen LogP) is 4.08. The van der Waals surface area contributed by atoms with Crippen LogP contribution in [0.3, 0.4) is 0 Å². The zero-order valence-electron chi connectivity index (χ0n) is 16.1.